The third kappa shape index (κ3) is 2.87. The van der Waals surface area contributed by atoms with Gasteiger partial charge in [-0.05, 0) is 24.3 Å². The van der Waals surface area contributed by atoms with E-state index in [-0.39, 0.29) is 11.3 Å². The maximum atomic E-state index is 13.0. The van der Waals surface area contributed by atoms with Gasteiger partial charge < -0.3 is 9.84 Å². The van der Waals surface area contributed by atoms with Gasteiger partial charge in [-0.1, -0.05) is 5.21 Å². The molecule has 0 aliphatic carbocycles. The third-order valence-electron chi connectivity index (χ3n) is 2.69. The summed E-state index contributed by atoms with van der Waals surface area (Å²) in [5.74, 6) is -0.604. The number of carbonyl (C=O) groups is 1. The number of rotatable bonds is 3. The minimum Gasteiger partial charge on any atom is -0.465 e. The van der Waals surface area contributed by atoms with Gasteiger partial charge in [0.15, 0.2) is 5.69 Å². The van der Waals surface area contributed by atoms with Crippen LogP contribution in [0.3, 0.4) is 0 Å². The zero-order valence-electron chi connectivity index (χ0n) is 10.8. The highest BCUT2D eigenvalue weighted by molar-refractivity contribution is 5.89. The van der Waals surface area contributed by atoms with Crippen LogP contribution in [0.15, 0.2) is 24.3 Å². The Morgan fingerprint density at radius 3 is 2.43 bits per heavy atom. The number of hydrogen-bond donors (Lipinski definition) is 1. The van der Waals surface area contributed by atoms with Crippen molar-refractivity contribution >= 4 is 5.97 Å². The highest BCUT2D eigenvalue weighted by Gasteiger charge is 2.39. The average Bonchev–Trinajstić information content (AvgIpc) is 2.90. The van der Waals surface area contributed by atoms with Gasteiger partial charge in [0, 0.05) is 0 Å². The number of aliphatic hydroxyl groups is 1. The molecule has 1 heterocycles. The second-order valence-corrected chi connectivity index (χ2v) is 3.99. The first kappa shape index (κ1) is 15.0. The summed E-state index contributed by atoms with van der Waals surface area (Å²) in [7, 11) is 1.20. The molecule has 0 bridgehead atoms. The highest BCUT2D eigenvalue weighted by atomic mass is 19.4. The fourth-order valence-corrected chi connectivity index (χ4v) is 1.74. The largest absolute Gasteiger partial charge is 0.465 e. The van der Waals surface area contributed by atoms with Crippen molar-refractivity contribution < 1.29 is 27.8 Å². The number of halogens is 3. The van der Waals surface area contributed by atoms with Gasteiger partial charge in [-0.15, -0.1) is 5.10 Å². The number of esters is 1. The molecule has 0 amide bonds. The second-order valence-electron chi connectivity index (χ2n) is 3.99. The summed E-state index contributed by atoms with van der Waals surface area (Å²) >= 11 is 0. The molecule has 112 valence electrons. The fraction of sp³-hybridized carbons (Fsp3) is 0.250. The summed E-state index contributed by atoms with van der Waals surface area (Å²) in [5, 5.41) is 15.6. The lowest BCUT2D eigenvalue weighted by molar-refractivity contribution is -0.143. The van der Waals surface area contributed by atoms with E-state index in [9.17, 15) is 18.0 Å². The maximum Gasteiger partial charge on any atom is 0.435 e. The van der Waals surface area contributed by atoms with Gasteiger partial charge in [-0.25, -0.2) is 9.48 Å². The van der Waals surface area contributed by atoms with Crippen LogP contribution < -0.4 is 0 Å². The molecule has 0 aliphatic heterocycles. The van der Waals surface area contributed by atoms with Crippen molar-refractivity contribution in [3.05, 3.63) is 41.2 Å². The maximum absolute atomic E-state index is 13.0. The normalized spacial score (nSPS) is 11.5. The number of methoxy groups -OCH3 is 1. The van der Waals surface area contributed by atoms with E-state index in [1.54, 1.807) is 0 Å². The Bertz CT molecular complexity index is 650. The number of carbonyl (C=O) groups excluding carboxylic acids is 1. The monoisotopic (exact) mass is 301 g/mol. The molecule has 1 N–H and O–H groups in total. The molecule has 1 aromatic carbocycles. The molecule has 0 saturated carbocycles. The predicted octanol–water partition coefficient (Wildman–Crippen LogP) is 1.56. The first-order valence-corrected chi connectivity index (χ1v) is 5.70. The van der Waals surface area contributed by atoms with Gasteiger partial charge in [-0.2, -0.15) is 13.2 Å². The number of alkyl halides is 3. The Labute approximate surface area is 116 Å². The summed E-state index contributed by atoms with van der Waals surface area (Å²) in [4.78, 5) is 11.3. The lowest BCUT2D eigenvalue weighted by Crippen LogP contribution is -2.15. The van der Waals surface area contributed by atoms with Gasteiger partial charge in [0.2, 0.25) is 0 Å². The minimum atomic E-state index is -4.72. The number of ether oxygens (including phenoxy) is 1. The van der Waals surface area contributed by atoms with Crippen LogP contribution in [0.1, 0.15) is 21.7 Å². The van der Waals surface area contributed by atoms with Crippen molar-refractivity contribution in [2.75, 3.05) is 7.11 Å². The zero-order chi connectivity index (χ0) is 15.6. The minimum absolute atomic E-state index is 0.0576. The molecule has 2 rings (SSSR count). The Morgan fingerprint density at radius 2 is 1.95 bits per heavy atom. The van der Waals surface area contributed by atoms with Crippen LogP contribution in [0.5, 0.6) is 0 Å². The number of aromatic nitrogens is 3. The SMILES string of the molecule is COC(=O)c1ccc(-n2nnc(CO)c2C(F)(F)F)cc1. The summed E-state index contributed by atoms with van der Waals surface area (Å²) in [6.45, 7) is -0.880. The van der Waals surface area contributed by atoms with Crippen molar-refractivity contribution in [2.45, 2.75) is 12.8 Å². The highest BCUT2D eigenvalue weighted by Crippen LogP contribution is 2.32. The topological polar surface area (TPSA) is 77.2 Å². The Morgan fingerprint density at radius 1 is 1.33 bits per heavy atom. The smallest absolute Gasteiger partial charge is 0.435 e. The summed E-state index contributed by atoms with van der Waals surface area (Å²) in [6, 6.07) is 5.16. The van der Waals surface area contributed by atoms with E-state index >= 15 is 0 Å². The molecular weight excluding hydrogens is 291 g/mol. The van der Waals surface area contributed by atoms with Crippen LogP contribution >= 0.6 is 0 Å². The average molecular weight is 301 g/mol. The molecular formula is C12H10F3N3O3. The van der Waals surface area contributed by atoms with E-state index in [1.807, 2.05) is 0 Å². The van der Waals surface area contributed by atoms with Crippen LogP contribution in [0.25, 0.3) is 5.69 Å². The van der Waals surface area contributed by atoms with Crippen molar-refractivity contribution in [3.63, 3.8) is 0 Å². The molecule has 0 fully saturated rings. The predicted molar refractivity (Wildman–Crippen MR) is 63.6 cm³/mol. The number of aliphatic hydroxyl groups excluding tert-OH is 1. The molecule has 0 spiro atoms. The molecule has 2 aromatic rings. The van der Waals surface area contributed by atoms with E-state index in [1.165, 1.54) is 31.4 Å². The first-order chi connectivity index (χ1) is 9.88. The molecule has 21 heavy (non-hydrogen) atoms. The van der Waals surface area contributed by atoms with Gasteiger partial charge >= 0.3 is 12.1 Å². The summed E-state index contributed by atoms with van der Waals surface area (Å²) in [6.07, 6.45) is -4.72. The Balaban J connectivity index is 2.48. The molecule has 0 aliphatic rings. The Kier molecular flexibility index (Phi) is 3.94. The lowest BCUT2D eigenvalue weighted by Gasteiger charge is -2.10. The molecule has 1 aromatic heterocycles. The van der Waals surface area contributed by atoms with Crippen molar-refractivity contribution in [1.29, 1.82) is 0 Å². The lowest BCUT2D eigenvalue weighted by atomic mass is 10.2. The number of hydrogen-bond acceptors (Lipinski definition) is 5. The van der Waals surface area contributed by atoms with E-state index < -0.39 is 30.1 Å². The van der Waals surface area contributed by atoms with Gasteiger partial charge in [0.25, 0.3) is 0 Å². The third-order valence-corrected chi connectivity index (χ3v) is 2.69. The molecule has 0 saturated heterocycles. The van der Waals surface area contributed by atoms with E-state index in [4.69, 9.17) is 5.11 Å². The number of benzene rings is 1. The zero-order valence-corrected chi connectivity index (χ0v) is 10.8. The quantitative estimate of drug-likeness (QED) is 0.871. The van der Waals surface area contributed by atoms with Crippen molar-refractivity contribution in [1.82, 2.24) is 15.0 Å². The van der Waals surface area contributed by atoms with E-state index in [0.29, 0.717) is 4.68 Å². The van der Waals surface area contributed by atoms with Crippen molar-refractivity contribution in [2.24, 2.45) is 0 Å². The van der Waals surface area contributed by atoms with E-state index in [2.05, 4.69) is 15.0 Å². The van der Waals surface area contributed by atoms with Gasteiger partial charge in [0.1, 0.15) is 5.69 Å². The molecule has 0 unspecified atom stereocenters. The van der Waals surface area contributed by atoms with Crippen LogP contribution in [0.4, 0.5) is 13.2 Å². The molecule has 9 heteroatoms. The molecule has 0 radical (unpaired) electrons. The standard InChI is InChI=1S/C12H10F3N3O3/c1-21-11(20)7-2-4-8(5-3-7)18-10(12(13,14)15)9(6-19)16-17-18/h2-5,19H,6H2,1H3. The van der Waals surface area contributed by atoms with Crippen LogP contribution in [-0.4, -0.2) is 33.2 Å². The first-order valence-electron chi connectivity index (χ1n) is 5.70. The van der Waals surface area contributed by atoms with Gasteiger partial charge in [-0.3, -0.25) is 0 Å². The molecule has 0 atom stereocenters. The van der Waals surface area contributed by atoms with Gasteiger partial charge in [0.05, 0.1) is 25.0 Å². The fourth-order valence-electron chi connectivity index (χ4n) is 1.74. The van der Waals surface area contributed by atoms with E-state index in [0.717, 1.165) is 0 Å². The van der Waals surface area contributed by atoms with Crippen LogP contribution in [-0.2, 0) is 17.5 Å². The second kappa shape index (κ2) is 5.52. The summed E-state index contributed by atoms with van der Waals surface area (Å²) in [5.41, 5.74) is -1.48. The molecule has 6 nitrogen and oxygen atoms in total. The summed E-state index contributed by atoms with van der Waals surface area (Å²) < 4.78 is 44.0. The van der Waals surface area contributed by atoms with Crippen LogP contribution in [0.2, 0.25) is 0 Å². The Hall–Kier alpha value is -2.42. The number of nitrogens with zero attached hydrogens (tertiary/aromatic N) is 3. The van der Waals surface area contributed by atoms with Crippen LogP contribution in [0, 0.1) is 0 Å². The van der Waals surface area contributed by atoms with Crippen molar-refractivity contribution in [3.8, 4) is 5.69 Å².